The molecule has 39 heavy (non-hydrogen) atoms. The molecule has 1 aromatic heterocycles. The van der Waals surface area contributed by atoms with Gasteiger partial charge < -0.3 is 25.8 Å². The Morgan fingerprint density at radius 3 is 2.49 bits per heavy atom. The van der Waals surface area contributed by atoms with Crippen LogP contribution in [0.1, 0.15) is 40.2 Å². The Balaban J connectivity index is 1.34. The summed E-state index contributed by atoms with van der Waals surface area (Å²) in [5.41, 5.74) is 12.2. The van der Waals surface area contributed by atoms with E-state index >= 15 is 0 Å². The lowest BCUT2D eigenvalue weighted by Crippen LogP contribution is -2.54. The number of pyridine rings is 1. The zero-order valence-electron chi connectivity index (χ0n) is 22.5. The molecule has 202 valence electrons. The molecule has 2 fully saturated rings. The Labute approximate surface area is 229 Å². The predicted molar refractivity (Wildman–Crippen MR) is 155 cm³/mol. The summed E-state index contributed by atoms with van der Waals surface area (Å²) in [7, 11) is 0. The van der Waals surface area contributed by atoms with Crippen LogP contribution in [0.5, 0.6) is 0 Å². The third-order valence-corrected chi connectivity index (χ3v) is 8.57. The summed E-state index contributed by atoms with van der Waals surface area (Å²) in [6, 6.07) is 14.8. The van der Waals surface area contributed by atoms with Crippen LogP contribution < -0.4 is 20.9 Å². The lowest BCUT2D eigenvalue weighted by molar-refractivity contribution is -0.126. The summed E-state index contributed by atoms with van der Waals surface area (Å²) in [5, 5.41) is 5.59. The molecule has 3 N–H and O–H groups in total. The Kier molecular flexibility index (Phi) is 6.73. The summed E-state index contributed by atoms with van der Waals surface area (Å²) < 4.78 is 0. The first kappa shape index (κ1) is 25.4. The van der Waals surface area contributed by atoms with Gasteiger partial charge in [0.25, 0.3) is 5.91 Å². The fourth-order valence-electron chi connectivity index (χ4n) is 6.14. The number of piperazine rings is 1. The molecule has 2 amide bonds. The highest BCUT2D eigenvalue weighted by Crippen LogP contribution is 2.36. The quantitative estimate of drug-likeness (QED) is 0.498. The normalized spacial score (nSPS) is 20.8. The second kappa shape index (κ2) is 10.3. The number of aromatic nitrogens is 1. The Morgan fingerprint density at radius 2 is 1.79 bits per heavy atom. The summed E-state index contributed by atoms with van der Waals surface area (Å²) in [6.45, 7) is 9.95. The Bertz CT molecular complexity index is 1440. The fraction of sp³-hybridized carbons (Fsp3) is 0.387. The van der Waals surface area contributed by atoms with Crippen molar-refractivity contribution >= 4 is 34.0 Å². The van der Waals surface area contributed by atoms with Crippen LogP contribution in [-0.2, 0) is 17.8 Å². The molecule has 1 saturated heterocycles. The van der Waals surface area contributed by atoms with E-state index in [4.69, 9.17) is 10.7 Å². The number of carbonyl (C=O) groups excluding carboxylic acids is 2. The molecule has 3 aromatic rings. The van der Waals surface area contributed by atoms with Crippen LogP contribution in [-0.4, -0.2) is 66.5 Å². The minimum absolute atomic E-state index is 0.00222. The molecule has 0 radical (unpaired) electrons. The number of carbonyl (C=O) groups is 2. The Hall–Kier alpha value is -3.91. The second-order valence-electron chi connectivity index (χ2n) is 10.9. The van der Waals surface area contributed by atoms with Crippen molar-refractivity contribution in [2.24, 2.45) is 5.73 Å². The predicted octanol–water partition coefficient (Wildman–Crippen LogP) is 3.16. The zero-order valence-corrected chi connectivity index (χ0v) is 22.5. The van der Waals surface area contributed by atoms with Gasteiger partial charge in [-0.25, -0.2) is 4.98 Å². The number of nitrogens with zero attached hydrogens (tertiary/aromatic N) is 4. The maximum Gasteiger partial charge on any atom is 0.270 e. The van der Waals surface area contributed by atoms with Crippen LogP contribution in [0.25, 0.3) is 10.8 Å². The van der Waals surface area contributed by atoms with Crippen LogP contribution in [0.2, 0.25) is 0 Å². The van der Waals surface area contributed by atoms with E-state index in [1.165, 1.54) is 33.7 Å². The van der Waals surface area contributed by atoms with Crippen molar-refractivity contribution in [1.29, 1.82) is 0 Å². The van der Waals surface area contributed by atoms with Crippen LogP contribution >= 0.6 is 0 Å². The van der Waals surface area contributed by atoms with Gasteiger partial charge in [0, 0.05) is 67.1 Å². The van der Waals surface area contributed by atoms with E-state index in [9.17, 15) is 9.59 Å². The molecule has 3 heterocycles. The van der Waals surface area contributed by atoms with Crippen molar-refractivity contribution in [3.63, 3.8) is 0 Å². The fourth-order valence-corrected chi connectivity index (χ4v) is 6.14. The lowest BCUT2D eigenvalue weighted by atomic mass is 9.87. The first-order chi connectivity index (χ1) is 18.9. The van der Waals surface area contributed by atoms with Crippen molar-refractivity contribution in [3.05, 3.63) is 77.6 Å². The average Bonchev–Trinajstić information content (AvgIpc) is 2.97. The van der Waals surface area contributed by atoms with Crippen molar-refractivity contribution in [1.82, 2.24) is 15.2 Å². The van der Waals surface area contributed by atoms with E-state index in [0.717, 1.165) is 37.2 Å². The second-order valence-corrected chi connectivity index (χ2v) is 10.9. The van der Waals surface area contributed by atoms with Crippen LogP contribution in [0, 0.1) is 6.92 Å². The lowest BCUT2D eigenvalue weighted by Gasteiger charge is -2.39. The molecule has 0 bridgehead atoms. The summed E-state index contributed by atoms with van der Waals surface area (Å²) >= 11 is 0. The first-order valence-electron chi connectivity index (χ1n) is 13.9. The van der Waals surface area contributed by atoms with E-state index in [2.05, 4.69) is 65.0 Å². The van der Waals surface area contributed by atoms with Crippen LogP contribution in [0.4, 0.5) is 11.4 Å². The number of amides is 2. The van der Waals surface area contributed by atoms with E-state index in [-0.39, 0.29) is 23.9 Å². The number of hydrogen-bond donors (Lipinski definition) is 2. The third kappa shape index (κ3) is 4.74. The van der Waals surface area contributed by atoms with Crippen LogP contribution in [0.15, 0.2) is 55.1 Å². The SMILES string of the molecule is C=CC(=O)N1CCN(c2cc(C(=O)N[C@@H]3CC[C@H]3N)nc3c2CCN(c2cccc4cccc(C)c24)C3)CC1. The molecule has 2 atom stereocenters. The average molecular weight is 525 g/mol. The molecule has 2 aliphatic heterocycles. The number of aryl methyl sites for hydroxylation is 1. The highest BCUT2D eigenvalue weighted by atomic mass is 16.2. The number of rotatable bonds is 5. The molecule has 6 rings (SSSR count). The minimum atomic E-state index is -0.169. The molecule has 1 aliphatic carbocycles. The van der Waals surface area contributed by atoms with Crippen molar-refractivity contribution in [2.45, 2.75) is 44.8 Å². The van der Waals surface area contributed by atoms with Crippen molar-refractivity contribution < 1.29 is 9.59 Å². The summed E-state index contributed by atoms with van der Waals surface area (Å²) in [6.07, 6.45) is 4.04. The molecule has 0 unspecified atom stereocenters. The standard InChI is InChI=1S/C31H36N6O2/c1-3-29(38)36-16-14-35(15-17-36)28-18-25(31(39)34-24-11-10-23(24)32)33-26-19-37(13-12-22(26)28)27-9-5-8-21-7-4-6-20(2)30(21)27/h3-9,18,23-24H,1,10-17,19,32H2,2H3,(H,34,39)/t23-,24-/m1/s1. The summed E-state index contributed by atoms with van der Waals surface area (Å²) in [4.78, 5) is 36.9. The molecule has 0 spiro atoms. The largest absolute Gasteiger partial charge is 0.368 e. The zero-order chi connectivity index (χ0) is 27.1. The monoisotopic (exact) mass is 524 g/mol. The van der Waals surface area contributed by atoms with Gasteiger partial charge in [-0.3, -0.25) is 9.59 Å². The molecule has 8 heteroatoms. The van der Waals surface area contributed by atoms with Gasteiger partial charge in [-0.1, -0.05) is 36.9 Å². The number of fused-ring (bicyclic) bond motifs is 2. The molecular formula is C31H36N6O2. The maximum atomic E-state index is 13.3. The number of nitrogens with one attached hydrogen (secondary N) is 1. The van der Waals surface area contributed by atoms with Gasteiger partial charge in [0.05, 0.1) is 12.2 Å². The van der Waals surface area contributed by atoms with Gasteiger partial charge >= 0.3 is 0 Å². The number of hydrogen-bond acceptors (Lipinski definition) is 6. The van der Waals surface area contributed by atoms with Gasteiger partial charge in [0.15, 0.2) is 0 Å². The van der Waals surface area contributed by atoms with Gasteiger partial charge in [0.1, 0.15) is 5.69 Å². The number of nitrogens with two attached hydrogens (primary N) is 1. The smallest absolute Gasteiger partial charge is 0.270 e. The van der Waals surface area contributed by atoms with Crippen molar-refractivity contribution in [3.8, 4) is 0 Å². The maximum absolute atomic E-state index is 13.3. The molecule has 3 aliphatic rings. The van der Waals surface area contributed by atoms with Gasteiger partial charge in [-0.2, -0.15) is 0 Å². The van der Waals surface area contributed by atoms with E-state index in [1.54, 1.807) is 0 Å². The van der Waals surface area contributed by atoms with E-state index in [1.807, 2.05) is 11.0 Å². The number of anilines is 2. The topological polar surface area (TPSA) is 94.8 Å². The third-order valence-electron chi connectivity index (χ3n) is 8.57. The number of benzene rings is 2. The minimum Gasteiger partial charge on any atom is -0.368 e. The van der Waals surface area contributed by atoms with Gasteiger partial charge in [-0.15, -0.1) is 0 Å². The highest BCUT2D eigenvalue weighted by Gasteiger charge is 2.32. The molecule has 2 aromatic carbocycles. The van der Waals surface area contributed by atoms with Gasteiger partial charge in [0.2, 0.25) is 5.91 Å². The van der Waals surface area contributed by atoms with Crippen LogP contribution in [0.3, 0.4) is 0 Å². The first-order valence-corrected chi connectivity index (χ1v) is 13.9. The molecular weight excluding hydrogens is 488 g/mol. The van der Waals surface area contributed by atoms with E-state index in [0.29, 0.717) is 38.4 Å². The molecule has 1 saturated carbocycles. The van der Waals surface area contributed by atoms with Crippen molar-refractivity contribution in [2.75, 3.05) is 42.5 Å². The Morgan fingerprint density at radius 1 is 1.03 bits per heavy atom. The van der Waals surface area contributed by atoms with E-state index < -0.39 is 0 Å². The summed E-state index contributed by atoms with van der Waals surface area (Å²) in [5.74, 6) is -0.206. The van der Waals surface area contributed by atoms with Gasteiger partial charge in [-0.05, 0) is 55.3 Å². The highest BCUT2D eigenvalue weighted by molar-refractivity contribution is 5.97. The molecule has 8 nitrogen and oxygen atoms in total.